The van der Waals surface area contributed by atoms with Gasteiger partial charge in [0.1, 0.15) is 0 Å². The van der Waals surface area contributed by atoms with Gasteiger partial charge in [-0.2, -0.15) is 0 Å². The third-order valence-electron chi connectivity index (χ3n) is 2.26. The van der Waals surface area contributed by atoms with E-state index in [1.807, 2.05) is 0 Å². The standard InChI is InChI=1S/C8H15NS2.Na/c1-6-3-2-4-7(5-6)9-8(10)11;/h6-7H,2-5H2,1H3,(H2,9,10,11);/q;+1/p-1. The van der Waals surface area contributed by atoms with Crippen molar-refractivity contribution in [1.82, 2.24) is 5.32 Å². The molecule has 1 rings (SSSR count). The van der Waals surface area contributed by atoms with Crippen LogP contribution in [0, 0.1) is 5.92 Å². The second-order valence-electron chi connectivity index (χ2n) is 3.40. The number of thiocarbonyl (C=S) groups is 1. The maximum absolute atomic E-state index is 4.82. The Kier molecular flexibility index (Phi) is 7.15. The van der Waals surface area contributed by atoms with Crippen LogP contribution in [0.1, 0.15) is 32.6 Å². The summed E-state index contributed by atoms with van der Waals surface area (Å²) in [6.45, 7) is 2.29. The summed E-state index contributed by atoms with van der Waals surface area (Å²) in [6, 6.07) is 0.559. The molecule has 1 aliphatic carbocycles. The average Bonchev–Trinajstić information content (AvgIpc) is 1.85. The van der Waals surface area contributed by atoms with Crippen LogP contribution in [0.15, 0.2) is 0 Å². The molecule has 0 aromatic rings. The van der Waals surface area contributed by atoms with Gasteiger partial charge in [0.25, 0.3) is 0 Å². The van der Waals surface area contributed by atoms with Crippen molar-refractivity contribution in [2.45, 2.75) is 38.6 Å². The topological polar surface area (TPSA) is 12.0 Å². The molecule has 1 fully saturated rings. The van der Waals surface area contributed by atoms with Crippen molar-refractivity contribution in [3.63, 3.8) is 0 Å². The van der Waals surface area contributed by atoms with Gasteiger partial charge in [0.2, 0.25) is 0 Å². The fraction of sp³-hybridized carbons (Fsp3) is 0.875. The Hall–Kier alpha value is 1.11. The predicted molar refractivity (Wildman–Crippen MR) is 54.5 cm³/mol. The van der Waals surface area contributed by atoms with Crippen LogP contribution in [0.2, 0.25) is 0 Å². The Bertz CT molecular complexity index is 152. The molecule has 0 radical (unpaired) electrons. The van der Waals surface area contributed by atoms with Crippen LogP contribution >= 0.6 is 12.2 Å². The van der Waals surface area contributed by atoms with Crippen LogP contribution in [0.3, 0.4) is 0 Å². The average molecular weight is 211 g/mol. The van der Waals surface area contributed by atoms with Gasteiger partial charge in [-0.05, 0) is 18.8 Å². The van der Waals surface area contributed by atoms with Crippen LogP contribution in [0.25, 0.3) is 0 Å². The molecule has 1 N–H and O–H groups in total. The van der Waals surface area contributed by atoms with Crippen molar-refractivity contribution >= 4 is 29.2 Å². The Morgan fingerprint density at radius 3 is 2.67 bits per heavy atom. The van der Waals surface area contributed by atoms with Gasteiger partial charge in [0.05, 0.1) is 0 Å². The molecule has 0 aromatic carbocycles. The molecule has 1 aliphatic rings. The smallest absolute Gasteiger partial charge is 0.412 e. The van der Waals surface area contributed by atoms with Crippen LogP contribution in [0.5, 0.6) is 0 Å². The van der Waals surface area contributed by atoms with E-state index in [1.54, 1.807) is 0 Å². The van der Waals surface area contributed by atoms with E-state index in [-0.39, 0.29) is 29.6 Å². The molecular formula is C8H14NNaS2. The summed E-state index contributed by atoms with van der Waals surface area (Å²) in [5.41, 5.74) is 0. The second kappa shape index (κ2) is 6.55. The van der Waals surface area contributed by atoms with Gasteiger partial charge >= 0.3 is 29.6 Å². The fourth-order valence-electron chi connectivity index (χ4n) is 1.73. The van der Waals surface area contributed by atoms with E-state index in [4.69, 9.17) is 24.8 Å². The molecule has 0 spiro atoms. The molecule has 0 aromatic heterocycles. The summed E-state index contributed by atoms with van der Waals surface area (Å²) < 4.78 is 0.532. The number of hydrogen-bond donors (Lipinski definition) is 1. The van der Waals surface area contributed by atoms with Crippen LogP contribution in [-0.2, 0) is 12.6 Å². The maximum Gasteiger partial charge on any atom is 1.00 e. The van der Waals surface area contributed by atoms with E-state index in [1.165, 1.54) is 25.7 Å². The SMILES string of the molecule is CC1CCCC(NC(=S)[S-])C1.[Na+]. The summed E-state index contributed by atoms with van der Waals surface area (Å²) in [6.07, 6.45) is 5.15. The monoisotopic (exact) mass is 211 g/mol. The minimum atomic E-state index is 0. The molecule has 0 saturated heterocycles. The van der Waals surface area contributed by atoms with E-state index >= 15 is 0 Å². The summed E-state index contributed by atoms with van der Waals surface area (Å²) in [5.74, 6) is 0.839. The van der Waals surface area contributed by atoms with Crippen molar-refractivity contribution in [3.8, 4) is 0 Å². The first-order chi connectivity index (χ1) is 5.18. The zero-order valence-electron chi connectivity index (χ0n) is 7.80. The van der Waals surface area contributed by atoms with E-state index in [0.717, 1.165) is 5.92 Å². The van der Waals surface area contributed by atoms with Gasteiger partial charge in [-0.3, -0.25) is 0 Å². The maximum atomic E-state index is 4.82. The number of rotatable bonds is 1. The summed E-state index contributed by atoms with van der Waals surface area (Å²) in [4.78, 5) is 0. The zero-order valence-corrected chi connectivity index (χ0v) is 11.4. The van der Waals surface area contributed by atoms with Crippen molar-refractivity contribution < 1.29 is 29.6 Å². The van der Waals surface area contributed by atoms with Crippen LogP contribution in [-0.4, -0.2) is 10.4 Å². The van der Waals surface area contributed by atoms with E-state index < -0.39 is 0 Å². The van der Waals surface area contributed by atoms with Gasteiger partial charge < -0.3 is 30.2 Å². The Labute approximate surface area is 108 Å². The molecule has 1 saturated carbocycles. The van der Waals surface area contributed by atoms with E-state index in [2.05, 4.69) is 12.2 Å². The first-order valence-corrected chi connectivity index (χ1v) is 4.97. The molecule has 64 valence electrons. The first kappa shape index (κ1) is 13.1. The summed E-state index contributed by atoms with van der Waals surface area (Å²) in [7, 11) is 0. The molecule has 0 heterocycles. The Morgan fingerprint density at radius 2 is 2.17 bits per heavy atom. The molecule has 2 atom stereocenters. The molecule has 0 bridgehead atoms. The number of nitrogens with one attached hydrogen (secondary N) is 1. The van der Waals surface area contributed by atoms with Gasteiger partial charge in [-0.25, -0.2) is 0 Å². The van der Waals surface area contributed by atoms with Crippen molar-refractivity contribution in [2.75, 3.05) is 0 Å². The quantitative estimate of drug-likeness (QED) is 0.339. The molecule has 2 unspecified atom stereocenters. The van der Waals surface area contributed by atoms with Gasteiger partial charge in [-0.15, -0.1) is 0 Å². The van der Waals surface area contributed by atoms with Crippen molar-refractivity contribution in [3.05, 3.63) is 0 Å². The fourth-order valence-corrected chi connectivity index (χ4v) is 2.07. The third-order valence-corrected chi connectivity index (χ3v) is 2.49. The van der Waals surface area contributed by atoms with Crippen molar-refractivity contribution in [2.24, 2.45) is 5.92 Å². The first-order valence-electron chi connectivity index (χ1n) is 4.16. The molecule has 0 aliphatic heterocycles. The van der Waals surface area contributed by atoms with Gasteiger partial charge in [0, 0.05) is 6.04 Å². The third kappa shape index (κ3) is 4.97. The minimum absolute atomic E-state index is 0. The molecule has 12 heavy (non-hydrogen) atoms. The van der Waals surface area contributed by atoms with Gasteiger partial charge in [0.15, 0.2) is 0 Å². The second-order valence-corrected chi connectivity index (χ2v) is 4.48. The summed E-state index contributed by atoms with van der Waals surface area (Å²) >= 11 is 9.64. The van der Waals surface area contributed by atoms with Gasteiger partial charge in [-0.1, -0.05) is 24.1 Å². The molecule has 1 nitrogen and oxygen atoms in total. The largest absolute Gasteiger partial charge is 1.00 e. The van der Waals surface area contributed by atoms with E-state index in [0.29, 0.717) is 10.4 Å². The molecule has 0 amide bonds. The predicted octanol–water partition coefficient (Wildman–Crippen LogP) is -1.01. The zero-order chi connectivity index (χ0) is 8.27. The van der Waals surface area contributed by atoms with Crippen LogP contribution in [0.4, 0.5) is 0 Å². The van der Waals surface area contributed by atoms with Crippen LogP contribution < -0.4 is 34.9 Å². The Balaban J connectivity index is 0.00000121. The molecule has 4 heteroatoms. The molecular weight excluding hydrogens is 197 g/mol. The minimum Gasteiger partial charge on any atom is -0.412 e. The van der Waals surface area contributed by atoms with E-state index in [9.17, 15) is 0 Å². The Morgan fingerprint density at radius 1 is 1.50 bits per heavy atom. The summed E-state index contributed by atoms with van der Waals surface area (Å²) in [5, 5.41) is 3.16. The normalized spacial score (nSPS) is 28.8. The van der Waals surface area contributed by atoms with Crippen molar-refractivity contribution in [1.29, 1.82) is 0 Å². The number of hydrogen-bond acceptors (Lipinski definition) is 2.